The van der Waals surface area contributed by atoms with Gasteiger partial charge in [0.1, 0.15) is 5.78 Å². The van der Waals surface area contributed by atoms with Crippen molar-refractivity contribution >= 4 is 39.0 Å². The molecule has 0 spiro atoms. The van der Waals surface area contributed by atoms with Crippen LogP contribution in [-0.4, -0.2) is 29.3 Å². The van der Waals surface area contributed by atoms with E-state index in [1.165, 1.54) is 0 Å². The zero-order valence-electron chi connectivity index (χ0n) is 10.1. The number of aromatic nitrogens is 2. The molecule has 0 radical (unpaired) electrons. The Morgan fingerprint density at radius 1 is 1.39 bits per heavy atom. The molecule has 2 aromatic rings. The second-order valence-corrected chi connectivity index (χ2v) is 6.40. The molecule has 0 saturated carbocycles. The van der Waals surface area contributed by atoms with E-state index in [0.717, 1.165) is 14.2 Å². The minimum Gasteiger partial charge on any atom is -0.337 e. The summed E-state index contributed by atoms with van der Waals surface area (Å²) in [6, 6.07) is 4.02. The molecule has 0 aliphatic heterocycles. The van der Waals surface area contributed by atoms with E-state index < -0.39 is 0 Å². The van der Waals surface area contributed by atoms with Crippen LogP contribution in [0.5, 0.6) is 0 Å². The zero-order chi connectivity index (χ0) is 13.1. The van der Waals surface area contributed by atoms with E-state index >= 15 is 0 Å². The van der Waals surface area contributed by atoms with Gasteiger partial charge in [-0.2, -0.15) is 0 Å². The normalized spacial score (nSPS) is 10.4. The van der Waals surface area contributed by atoms with Gasteiger partial charge in [0.2, 0.25) is 5.95 Å². The van der Waals surface area contributed by atoms with Crippen LogP contribution in [-0.2, 0) is 4.79 Å². The predicted octanol–water partition coefficient (Wildman–Crippen LogP) is 2.99. The van der Waals surface area contributed by atoms with Gasteiger partial charge in [-0.05, 0) is 35.0 Å². The third-order valence-corrected chi connectivity index (χ3v) is 3.97. The van der Waals surface area contributed by atoms with Crippen molar-refractivity contribution in [1.82, 2.24) is 9.97 Å². The number of anilines is 1. The van der Waals surface area contributed by atoms with Crippen LogP contribution in [0.15, 0.2) is 28.3 Å². The largest absolute Gasteiger partial charge is 0.337 e. The number of carbonyl (C=O) groups excluding carboxylic acids is 1. The summed E-state index contributed by atoms with van der Waals surface area (Å²) in [6.45, 7) is 1.87. The molecule has 94 valence electrons. The quantitative estimate of drug-likeness (QED) is 0.866. The Morgan fingerprint density at radius 3 is 2.56 bits per heavy atom. The van der Waals surface area contributed by atoms with Gasteiger partial charge in [0.15, 0.2) is 0 Å². The Balaban J connectivity index is 2.17. The maximum Gasteiger partial charge on any atom is 0.225 e. The predicted molar refractivity (Wildman–Crippen MR) is 77.0 cm³/mol. The smallest absolute Gasteiger partial charge is 0.225 e. The van der Waals surface area contributed by atoms with E-state index in [9.17, 15) is 4.79 Å². The number of halogens is 1. The highest BCUT2D eigenvalue weighted by molar-refractivity contribution is 9.11. The van der Waals surface area contributed by atoms with E-state index in [0.29, 0.717) is 12.5 Å². The number of nitrogens with zero attached hydrogens (tertiary/aromatic N) is 3. The van der Waals surface area contributed by atoms with Gasteiger partial charge < -0.3 is 4.90 Å². The molecular formula is C12H12BrN3OS. The average molecular weight is 326 g/mol. The van der Waals surface area contributed by atoms with Crippen molar-refractivity contribution in [2.75, 3.05) is 18.5 Å². The minimum atomic E-state index is 0.0902. The second kappa shape index (κ2) is 5.58. The van der Waals surface area contributed by atoms with Crippen LogP contribution in [0.3, 0.4) is 0 Å². The van der Waals surface area contributed by atoms with Gasteiger partial charge in [-0.25, -0.2) is 9.97 Å². The Labute approximate surface area is 118 Å². The van der Waals surface area contributed by atoms with E-state index in [1.54, 1.807) is 42.6 Å². The molecule has 2 rings (SSSR count). The topological polar surface area (TPSA) is 46.1 Å². The monoisotopic (exact) mass is 325 g/mol. The first-order valence-electron chi connectivity index (χ1n) is 5.34. The maximum atomic E-state index is 11.0. The maximum absolute atomic E-state index is 11.0. The van der Waals surface area contributed by atoms with Crippen molar-refractivity contribution in [3.8, 4) is 10.4 Å². The molecule has 4 nitrogen and oxygen atoms in total. The molecule has 0 amide bonds. The fourth-order valence-electron chi connectivity index (χ4n) is 1.52. The number of rotatable bonds is 4. The number of hydrogen-bond donors (Lipinski definition) is 0. The molecule has 0 fully saturated rings. The Morgan fingerprint density at radius 2 is 2.06 bits per heavy atom. The summed E-state index contributed by atoms with van der Waals surface area (Å²) in [5, 5.41) is 0. The Bertz CT molecular complexity index is 553. The first-order valence-corrected chi connectivity index (χ1v) is 6.95. The lowest BCUT2D eigenvalue weighted by atomic mass is 10.3. The number of hydrogen-bond acceptors (Lipinski definition) is 5. The molecule has 0 atom stereocenters. The molecule has 6 heteroatoms. The number of ketones is 1. The zero-order valence-corrected chi connectivity index (χ0v) is 12.5. The van der Waals surface area contributed by atoms with Crippen molar-refractivity contribution in [2.24, 2.45) is 0 Å². The lowest BCUT2D eigenvalue weighted by Gasteiger charge is -2.14. The van der Waals surface area contributed by atoms with E-state index in [-0.39, 0.29) is 5.78 Å². The van der Waals surface area contributed by atoms with Crippen LogP contribution in [0.4, 0.5) is 5.95 Å². The highest BCUT2D eigenvalue weighted by Gasteiger charge is 2.08. The summed E-state index contributed by atoms with van der Waals surface area (Å²) in [6.07, 6.45) is 3.55. The first-order chi connectivity index (χ1) is 8.56. The molecule has 0 aliphatic rings. The summed E-state index contributed by atoms with van der Waals surface area (Å²) in [4.78, 5) is 22.4. The number of Topliss-reactive ketones (excluding diaryl/α,β-unsaturated/α-hetero) is 1. The van der Waals surface area contributed by atoms with Crippen LogP contribution in [0.2, 0.25) is 0 Å². The summed E-state index contributed by atoms with van der Waals surface area (Å²) in [5.74, 6) is 0.650. The van der Waals surface area contributed by atoms with Crippen molar-refractivity contribution in [3.63, 3.8) is 0 Å². The molecule has 0 unspecified atom stereocenters. The SMILES string of the molecule is CC(=O)CN(C)c1ncc(-c2ccc(Br)s2)cn1. The lowest BCUT2D eigenvalue weighted by Crippen LogP contribution is -2.25. The Hall–Kier alpha value is -1.27. The number of thiophene rings is 1. The van der Waals surface area contributed by atoms with Crippen molar-refractivity contribution in [3.05, 3.63) is 28.3 Å². The Kier molecular flexibility index (Phi) is 4.08. The van der Waals surface area contributed by atoms with Crippen molar-refractivity contribution in [1.29, 1.82) is 0 Å². The third-order valence-electron chi connectivity index (χ3n) is 2.30. The number of carbonyl (C=O) groups is 1. The fraction of sp³-hybridized carbons (Fsp3) is 0.250. The summed E-state index contributed by atoms with van der Waals surface area (Å²) >= 11 is 5.06. The van der Waals surface area contributed by atoms with Gasteiger partial charge in [-0.3, -0.25) is 4.79 Å². The molecule has 2 aromatic heterocycles. The highest BCUT2D eigenvalue weighted by Crippen LogP contribution is 2.30. The van der Waals surface area contributed by atoms with Gasteiger partial charge in [-0.1, -0.05) is 0 Å². The van der Waals surface area contributed by atoms with Crippen molar-refractivity contribution in [2.45, 2.75) is 6.92 Å². The molecule has 0 N–H and O–H groups in total. The van der Waals surface area contributed by atoms with Crippen LogP contribution in [0.25, 0.3) is 10.4 Å². The highest BCUT2D eigenvalue weighted by atomic mass is 79.9. The van der Waals surface area contributed by atoms with Crippen LogP contribution < -0.4 is 4.90 Å². The van der Waals surface area contributed by atoms with Gasteiger partial charge in [0, 0.05) is 29.9 Å². The molecule has 0 aliphatic carbocycles. The molecule has 0 saturated heterocycles. The number of likely N-dealkylation sites (N-methyl/N-ethyl adjacent to an activating group) is 1. The van der Waals surface area contributed by atoms with Crippen LogP contribution in [0, 0.1) is 0 Å². The van der Waals surface area contributed by atoms with Gasteiger partial charge in [-0.15, -0.1) is 11.3 Å². The fourth-order valence-corrected chi connectivity index (χ4v) is 2.88. The molecular weight excluding hydrogens is 314 g/mol. The van der Waals surface area contributed by atoms with Crippen molar-refractivity contribution < 1.29 is 4.79 Å². The minimum absolute atomic E-state index is 0.0902. The van der Waals surface area contributed by atoms with Gasteiger partial charge in [0.25, 0.3) is 0 Å². The molecule has 2 heterocycles. The second-order valence-electron chi connectivity index (χ2n) is 3.93. The average Bonchev–Trinajstić information content (AvgIpc) is 2.75. The van der Waals surface area contributed by atoms with E-state index in [1.807, 2.05) is 12.1 Å². The first kappa shape index (κ1) is 13.2. The summed E-state index contributed by atoms with van der Waals surface area (Å²) in [5.41, 5.74) is 0.977. The van der Waals surface area contributed by atoms with Gasteiger partial charge >= 0.3 is 0 Å². The third kappa shape index (κ3) is 3.14. The summed E-state index contributed by atoms with van der Waals surface area (Å²) in [7, 11) is 1.80. The molecule has 0 bridgehead atoms. The van der Waals surface area contributed by atoms with Crippen LogP contribution >= 0.6 is 27.3 Å². The van der Waals surface area contributed by atoms with E-state index in [2.05, 4.69) is 25.9 Å². The van der Waals surface area contributed by atoms with Crippen LogP contribution in [0.1, 0.15) is 6.92 Å². The lowest BCUT2D eigenvalue weighted by molar-refractivity contribution is -0.115. The van der Waals surface area contributed by atoms with E-state index in [4.69, 9.17) is 0 Å². The molecule has 18 heavy (non-hydrogen) atoms. The molecule has 0 aromatic carbocycles. The summed E-state index contributed by atoms with van der Waals surface area (Å²) < 4.78 is 1.08. The van der Waals surface area contributed by atoms with Gasteiger partial charge in [0.05, 0.1) is 10.3 Å². The standard InChI is InChI=1S/C12H12BrN3OS/c1-8(17)7-16(2)12-14-5-9(6-15-12)10-3-4-11(13)18-10/h3-6H,7H2,1-2H3.